The number of hydrogen-bond acceptors (Lipinski definition) is 3. The van der Waals surface area contributed by atoms with Crippen LogP contribution in [0.25, 0.3) is 0 Å². The summed E-state index contributed by atoms with van der Waals surface area (Å²) in [6.45, 7) is 4.94. The molecule has 1 fully saturated rings. The first kappa shape index (κ1) is 14.3. The van der Waals surface area contributed by atoms with Crippen LogP contribution in [-0.2, 0) is 11.3 Å². The number of amides is 1. The molecule has 21 heavy (non-hydrogen) atoms. The van der Waals surface area contributed by atoms with Gasteiger partial charge in [-0.25, -0.2) is 4.98 Å². The molecule has 1 aromatic heterocycles. The molecule has 4 heteroatoms. The lowest BCUT2D eigenvalue weighted by molar-refractivity contribution is -0.122. The van der Waals surface area contributed by atoms with Gasteiger partial charge in [-0.05, 0) is 29.4 Å². The van der Waals surface area contributed by atoms with Gasteiger partial charge < -0.3 is 5.32 Å². The second kappa shape index (κ2) is 5.98. The highest BCUT2D eigenvalue weighted by Gasteiger charge is 2.43. The minimum absolute atomic E-state index is 0.134. The maximum absolute atomic E-state index is 12.1. The Balaban J connectivity index is 1.54. The van der Waals surface area contributed by atoms with Crippen LogP contribution in [0.1, 0.15) is 48.2 Å². The molecule has 1 amide bonds. The van der Waals surface area contributed by atoms with E-state index in [9.17, 15) is 4.79 Å². The summed E-state index contributed by atoms with van der Waals surface area (Å²) in [6.07, 6.45) is 2.73. The van der Waals surface area contributed by atoms with E-state index in [2.05, 4.69) is 48.4 Å². The van der Waals surface area contributed by atoms with E-state index in [4.69, 9.17) is 0 Å². The second-order valence-corrected chi connectivity index (χ2v) is 6.89. The number of hydrogen-bond donors (Lipinski definition) is 1. The Labute approximate surface area is 129 Å². The normalized spacial score (nSPS) is 20.5. The number of benzene rings is 1. The number of rotatable bonds is 5. The molecule has 3 nitrogen and oxygen atoms in total. The van der Waals surface area contributed by atoms with Crippen molar-refractivity contribution < 1.29 is 4.79 Å². The molecule has 0 spiro atoms. The van der Waals surface area contributed by atoms with Crippen LogP contribution in [0, 0.1) is 5.92 Å². The number of thiazole rings is 1. The fourth-order valence-electron chi connectivity index (χ4n) is 2.62. The van der Waals surface area contributed by atoms with Gasteiger partial charge in [0, 0.05) is 17.5 Å². The number of aromatic nitrogens is 1. The lowest BCUT2D eigenvalue weighted by Gasteiger charge is -2.07. The first-order valence-electron chi connectivity index (χ1n) is 7.41. The summed E-state index contributed by atoms with van der Waals surface area (Å²) in [5.74, 6) is 1.23. The van der Waals surface area contributed by atoms with Crippen LogP contribution in [0.3, 0.4) is 0 Å². The van der Waals surface area contributed by atoms with E-state index in [1.54, 1.807) is 17.5 Å². The monoisotopic (exact) mass is 300 g/mol. The van der Waals surface area contributed by atoms with Gasteiger partial charge in [0.25, 0.3) is 0 Å². The van der Waals surface area contributed by atoms with Crippen LogP contribution in [0.4, 0.5) is 0 Å². The number of nitrogens with zero attached hydrogens (tertiary/aromatic N) is 1. The summed E-state index contributed by atoms with van der Waals surface area (Å²) in [5, 5.41) is 5.87. The fourth-order valence-corrected chi connectivity index (χ4v) is 3.17. The Morgan fingerprint density at radius 3 is 2.76 bits per heavy atom. The lowest BCUT2D eigenvalue weighted by atomic mass is 10.00. The third-order valence-corrected chi connectivity index (χ3v) is 4.84. The molecule has 1 N–H and O–H groups in total. The summed E-state index contributed by atoms with van der Waals surface area (Å²) >= 11 is 1.57. The highest BCUT2D eigenvalue weighted by atomic mass is 32.1. The standard InChI is InChI=1S/C17H20N2OS/c1-11(2)12-3-5-13(6-4-12)14-9-15(14)17(20)19-10-16-18-7-8-21-16/h3-8,11,14-15H,9-10H2,1-2H3,(H,19,20). The van der Waals surface area contributed by atoms with Gasteiger partial charge in [-0.15, -0.1) is 11.3 Å². The van der Waals surface area contributed by atoms with Crippen molar-refractivity contribution in [1.29, 1.82) is 0 Å². The molecule has 110 valence electrons. The van der Waals surface area contributed by atoms with Crippen molar-refractivity contribution in [3.63, 3.8) is 0 Å². The summed E-state index contributed by atoms with van der Waals surface area (Å²) < 4.78 is 0. The number of carbonyl (C=O) groups excluding carboxylic acids is 1. The van der Waals surface area contributed by atoms with E-state index in [0.717, 1.165) is 11.4 Å². The van der Waals surface area contributed by atoms with Crippen molar-refractivity contribution in [3.05, 3.63) is 52.0 Å². The molecule has 2 atom stereocenters. The van der Waals surface area contributed by atoms with Crippen molar-refractivity contribution in [1.82, 2.24) is 10.3 Å². The summed E-state index contributed by atoms with van der Waals surface area (Å²) in [5.41, 5.74) is 2.64. The zero-order valence-electron chi connectivity index (χ0n) is 12.4. The number of nitrogens with one attached hydrogen (secondary N) is 1. The highest BCUT2D eigenvalue weighted by molar-refractivity contribution is 7.09. The van der Waals surface area contributed by atoms with Crippen LogP contribution in [0.2, 0.25) is 0 Å². The van der Waals surface area contributed by atoms with Crippen LogP contribution in [-0.4, -0.2) is 10.9 Å². The Bertz CT molecular complexity index is 604. The number of carbonyl (C=O) groups is 1. The van der Waals surface area contributed by atoms with Crippen molar-refractivity contribution in [2.75, 3.05) is 0 Å². The third kappa shape index (κ3) is 3.32. The fraction of sp³-hybridized carbons (Fsp3) is 0.412. The minimum atomic E-state index is 0.134. The smallest absolute Gasteiger partial charge is 0.224 e. The van der Waals surface area contributed by atoms with Gasteiger partial charge in [0.1, 0.15) is 5.01 Å². The Morgan fingerprint density at radius 1 is 1.38 bits per heavy atom. The van der Waals surface area contributed by atoms with Gasteiger partial charge in [0.2, 0.25) is 5.91 Å². The van der Waals surface area contributed by atoms with Gasteiger partial charge in [-0.1, -0.05) is 38.1 Å². The first-order chi connectivity index (χ1) is 10.1. The molecule has 1 heterocycles. The van der Waals surface area contributed by atoms with Crippen molar-refractivity contribution in [3.8, 4) is 0 Å². The molecular formula is C17H20N2OS. The maximum Gasteiger partial charge on any atom is 0.224 e. The SMILES string of the molecule is CC(C)c1ccc(C2CC2C(=O)NCc2nccs2)cc1. The molecule has 0 radical (unpaired) electrons. The van der Waals surface area contributed by atoms with E-state index in [-0.39, 0.29) is 11.8 Å². The predicted octanol–water partition coefficient (Wildman–Crippen LogP) is 3.69. The van der Waals surface area contributed by atoms with Gasteiger partial charge in [0.05, 0.1) is 6.54 Å². The van der Waals surface area contributed by atoms with Gasteiger partial charge in [0.15, 0.2) is 0 Å². The predicted molar refractivity (Wildman–Crippen MR) is 85.3 cm³/mol. The minimum Gasteiger partial charge on any atom is -0.349 e. The second-order valence-electron chi connectivity index (χ2n) is 5.91. The van der Waals surface area contributed by atoms with Crippen LogP contribution < -0.4 is 5.32 Å². The van der Waals surface area contributed by atoms with Gasteiger partial charge in [-0.2, -0.15) is 0 Å². The molecule has 2 aromatic rings. The summed E-state index contributed by atoms with van der Waals surface area (Å²) in [4.78, 5) is 16.3. The van der Waals surface area contributed by atoms with Crippen molar-refractivity contribution in [2.24, 2.45) is 5.92 Å². The van der Waals surface area contributed by atoms with E-state index in [1.165, 1.54) is 11.1 Å². The first-order valence-corrected chi connectivity index (χ1v) is 8.29. The zero-order chi connectivity index (χ0) is 14.8. The van der Waals surface area contributed by atoms with Gasteiger partial charge >= 0.3 is 0 Å². The van der Waals surface area contributed by atoms with E-state index < -0.39 is 0 Å². The summed E-state index contributed by atoms with van der Waals surface area (Å²) in [6, 6.07) is 8.72. The van der Waals surface area contributed by atoms with Crippen LogP contribution in [0.5, 0.6) is 0 Å². The molecule has 0 bridgehead atoms. The highest BCUT2D eigenvalue weighted by Crippen LogP contribution is 2.47. The van der Waals surface area contributed by atoms with E-state index >= 15 is 0 Å². The van der Waals surface area contributed by atoms with E-state index in [1.807, 2.05) is 5.38 Å². The average Bonchev–Trinajstić information content (AvgIpc) is 3.12. The molecule has 3 rings (SSSR count). The quantitative estimate of drug-likeness (QED) is 0.915. The molecule has 1 aromatic carbocycles. The lowest BCUT2D eigenvalue weighted by Crippen LogP contribution is -2.24. The largest absolute Gasteiger partial charge is 0.349 e. The van der Waals surface area contributed by atoms with Crippen molar-refractivity contribution >= 4 is 17.2 Å². The zero-order valence-corrected chi connectivity index (χ0v) is 13.2. The molecule has 2 unspecified atom stereocenters. The molecule has 1 aliphatic carbocycles. The third-order valence-electron chi connectivity index (χ3n) is 4.06. The molecule has 0 saturated heterocycles. The summed E-state index contributed by atoms with van der Waals surface area (Å²) in [7, 11) is 0. The van der Waals surface area contributed by atoms with E-state index in [0.29, 0.717) is 18.4 Å². The molecular weight excluding hydrogens is 280 g/mol. The molecule has 1 saturated carbocycles. The topological polar surface area (TPSA) is 42.0 Å². The Hall–Kier alpha value is -1.68. The molecule has 0 aliphatic heterocycles. The molecule has 1 aliphatic rings. The van der Waals surface area contributed by atoms with Crippen molar-refractivity contribution in [2.45, 2.75) is 38.6 Å². The Kier molecular flexibility index (Phi) is 4.06. The van der Waals surface area contributed by atoms with Crippen LogP contribution in [0.15, 0.2) is 35.8 Å². The van der Waals surface area contributed by atoms with Crippen LogP contribution >= 0.6 is 11.3 Å². The average molecular weight is 300 g/mol. The Morgan fingerprint density at radius 2 is 2.14 bits per heavy atom. The van der Waals surface area contributed by atoms with Gasteiger partial charge in [-0.3, -0.25) is 4.79 Å². The maximum atomic E-state index is 12.1.